The molecule has 3 heteroatoms. The normalized spacial score (nSPS) is 8.56. The molecule has 0 radical (unpaired) electrons. The largest absolute Gasteiger partial charge is 0.314 e. The van der Waals surface area contributed by atoms with Crippen molar-refractivity contribution in [3.05, 3.63) is 0 Å². The van der Waals surface area contributed by atoms with Crippen molar-refractivity contribution in [3.63, 3.8) is 0 Å². The van der Waals surface area contributed by atoms with Crippen LogP contribution >= 0.6 is 11.8 Å². The molecule has 9 heavy (non-hydrogen) atoms. The number of hydrogen-bond acceptors (Lipinski definition) is 3. The van der Waals surface area contributed by atoms with E-state index in [1.165, 1.54) is 0 Å². The van der Waals surface area contributed by atoms with Gasteiger partial charge in [0.1, 0.15) is 0 Å². The number of thioether (sulfide) groups is 1. The fourth-order valence-corrected chi connectivity index (χ4v) is 0.914. The van der Waals surface area contributed by atoms with E-state index in [1.54, 1.807) is 11.9 Å². The maximum Gasteiger partial charge on any atom is 0.179 e. The Labute approximate surface area is 60.8 Å². The molecule has 0 aliphatic carbocycles. The van der Waals surface area contributed by atoms with Crippen molar-refractivity contribution in [3.8, 4) is 6.19 Å². The van der Waals surface area contributed by atoms with Gasteiger partial charge in [0.2, 0.25) is 0 Å². The SMILES string of the molecule is CSCCCN(C)C#N. The molecule has 0 aromatic rings. The molecule has 0 rings (SSSR count). The van der Waals surface area contributed by atoms with Crippen molar-refractivity contribution in [1.82, 2.24) is 4.90 Å². The van der Waals surface area contributed by atoms with E-state index in [1.807, 2.05) is 18.0 Å². The summed E-state index contributed by atoms with van der Waals surface area (Å²) in [6.45, 7) is 0.886. The van der Waals surface area contributed by atoms with Crippen molar-refractivity contribution < 1.29 is 0 Å². The third-order valence-electron chi connectivity index (χ3n) is 1.01. The molecule has 0 aromatic heterocycles. The first-order chi connectivity index (χ1) is 4.31. The van der Waals surface area contributed by atoms with Crippen LogP contribution < -0.4 is 0 Å². The van der Waals surface area contributed by atoms with Crippen molar-refractivity contribution in [2.24, 2.45) is 0 Å². The van der Waals surface area contributed by atoms with Crippen LogP contribution in [0.1, 0.15) is 6.42 Å². The van der Waals surface area contributed by atoms with Crippen LogP contribution in [0.15, 0.2) is 0 Å². The van der Waals surface area contributed by atoms with Crippen LogP contribution in [0.25, 0.3) is 0 Å². The summed E-state index contributed by atoms with van der Waals surface area (Å²) in [6, 6.07) is 0. The molecule has 2 nitrogen and oxygen atoms in total. The monoisotopic (exact) mass is 144 g/mol. The van der Waals surface area contributed by atoms with E-state index in [4.69, 9.17) is 5.26 Å². The Hall–Kier alpha value is -0.360. The van der Waals surface area contributed by atoms with Crippen molar-refractivity contribution in [1.29, 1.82) is 5.26 Å². The standard InChI is InChI=1S/C6H12N2S/c1-8(6-7)4-3-5-9-2/h3-5H2,1-2H3. The van der Waals surface area contributed by atoms with E-state index in [2.05, 4.69) is 6.26 Å². The summed E-state index contributed by atoms with van der Waals surface area (Å²) in [5.74, 6) is 1.14. The smallest absolute Gasteiger partial charge is 0.179 e. The molecule has 0 saturated heterocycles. The Balaban J connectivity index is 2.99. The highest BCUT2D eigenvalue weighted by atomic mass is 32.2. The highest BCUT2D eigenvalue weighted by Crippen LogP contribution is 1.95. The fraction of sp³-hybridized carbons (Fsp3) is 0.833. The second-order valence-electron chi connectivity index (χ2n) is 1.87. The average Bonchev–Trinajstić information content (AvgIpc) is 1.89. The van der Waals surface area contributed by atoms with Gasteiger partial charge in [0.15, 0.2) is 6.19 Å². The van der Waals surface area contributed by atoms with E-state index >= 15 is 0 Å². The van der Waals surface area contributed by atoms with E-state index in [0.717, 1.165) is 18.7 Å². The Morgan fingerprint density at radius 1 is 1.67 bits per heavy atom. The number of nitrogens with zero attached hydrogens (tertiary/aromatic N) is 2. The Bertz CT molecular complexity index is 97.7. The van der Waals surface area contributed by atoms with Gasteiger partial charge in [-0.3, -0.25) is 0 Å². The molecule has 52 valence electrons. The van der Waals surface area contributed by atoms with Crippen LogP contribution in [0.2, 0.25) is 0 Å². The summed E-state index contributed by atoms with van der Waals surface area (Å²) in [4.78, 5) is 1.65. The molecule has 0 unspecified atom stereocenters. The predicted octanol–water partition coefficient (Wildman–Crippen LogP) is 1.15. The van der Waals surface area contributed by atoms with Crippen LogP contribution in [0, 0.1) is 11.5 Å². The van der Waals surface area contributed by atoms with E-state index in [9.17, 15) is 0 Å². The molecule has 0 spiro atoms. The molecule has 0 bridgehead atoms. The Kier molecular flexibility index (Phi) is 5.54. The van der Waals surface area contributed by atoms with Gasteiger partial charge in [0.25, 0.3) is 0 Å². The lowest BCUT2D eigenvalue weighted by atomic mass is 10.5. The van der Waals surface area contributed by atoms with Crippen LogP contribution in [-0.2, 0) is 0 Å². The quantitative estimate of drug-likeness (QED) is 0.336. The molecule has 0 N–H and O–H groups in total. The van der Waals surface area contributed by atoms with Gasteiger partial charge >= 0.3 is 0 Å². The number of nitriles is 1. The second kappa shape index (κ2) is 5.77. The molecular weight excluding hydrogens is 132 g/mol. The lowest BCUT2D eigenvalue weighted by Gasteiger charge is -2.05. The van der Waals surface area contributed by atoms with Gasteiger partial charge in [-0.1, -0.05) is 0 Å². The summed E-state index contributed by atoms with van der Waals surface area (Å²) in [7, 11) is 1.81. The maximum absolute atomic E-state index is 8.30. The van der Waals surface area contributed by atoms with E-state index in [0.29, 0.717) is 0 Å². The molecule has 0 atom stereocenters. The lowest BCUT2D eigenvalue weighted by Crippen LogP contribution is -2.12. The van der Waals surface area contributed by atoms with Crippen molar-refractivity contribution >= 4 is 11.8 Å². The summed E-state index contributed by atoms with van der Waals surface area (Å²) >= 11 is 1.82. The third-order valence-corrected chi connectivity index (χ3v) is 1.71. The molecule has 0 aromatic carbocycles. The highest BCUT2D eigenvalue weighted by molar-refractivity contribution is 7.98. The fourth-order valence-electron chi connectivity index (χ4n) is 0.496. The van der Waals surface area contributed by atoms with Gasteiger partial charge in [-0.25, -0.2) is 0 Å². The van der Waals surface area contributed by atoms with Gasteiger partial charge in [0.05, 0.1) is 0 Å². The predicted molar refractivity (Wildman–Crippen MR) is 41.2 cm³/mol. The van der Waals surface area contributed by atoms with Gasteiger partial charge in [-0.15, -0.1) is 0 Å². The Morgan fingerprint density at radius 3 is 2.78 bits per heavy atom. The van der Waals surface area contributed by atoms with E-state index in [-0.39, 0.29) is 0 Å². The van der Waals surface area contributed by atoms with Gasteiger partial charge in [-0.05, 0) is 18.4 Å². The van der Waals surface area contributed by atoms with Gasteiger partial charge < -0.3 is 4.90 Å². The number of rotatable bonds is 4. The lowest BCUT2D eigenvalue weighted by molar-refractivity contribution is 0.474. The zero-order valence-electron chi connectivity index (χ0n) is 5.92. The maximum atomic E-state index is 8.30. The molecule has 0 aliphatic heterocycles. The summed E-state index contributed by atoms with van der Waals surface area (Å²) in [5, 5.41) is 8.30. The number of hydrogen-bond donors (Lipinski definition) is 0. The van der Waals surface area contributed by atoms with Crippen molar-refractivity contribution in [2.75, 3.05) is 25.6 Å². The third kappa shape index (κ3) is 5.51. The van der Waals surface area contributed by atoms with E-state index < -0.39 is 0 Å². The van der Waals surface area contributed by atoms with Crippen molar-refractivity contribution in [2.45, 2.75) is 6.42 Å². The van der Waals surface area contributed by atoms with Crippen LogP contribution in [0.5, 0.6) is 0 Å². The molecule has 0 aliphatic rings. The van der Waals surface area contributed by atoms with Gasteiger partial charge in [0, 0.05) is 13.6 Å². The first-order valence-corrected chi connectivity index (χ1v) is 4.30. The van der Waals surface area contributed by atoms with Gasteiger partial charge in [-0.2, -0.15) is 17.0 Å². The first kappa shape index (κ1) is 8.64. The van der Waals surface area contributed by atoms with Crippen LogP contribution in [0.4, 0.5) is 0 Å². The molecule has 0 heterocycles. The minimum absolute atomic E-state index is 0.886. The summed E-state index contributed by atoms with van der Waals surface area (Å²) in [5.41, 5.74) is 0. The van der Waals surface area contributed by atoms with Crippen LogP contribution in [-0.4, -0.2) is 30.5 Å². The zero-order valence-corrected chi connectivity index (χ0v) is 6.74. The second-order valence-corrected chi connectivity index (χ2v) is 2.85. The first-order valence-electron chi connectivity index (χ1n) is 2.91. The molecule has 0 fully saturated rings. The molecular formula is C6H12N2S. The minimum atomic E-state index is 0.886. The summed E-state index contributed by atoms with van der Waals surface area (Å²) < 4.78 is 0. The van der Waals surface area contributed by atoms with Crippen LogP contribution in [0.3, 0.4) is 0 Å². The molecule has 0 saturated carbocycles. The molecule has 0 amide bonds. The Morgan fingerprint density at radius 2 is 2.33 bits per heavy atom. The topological polar surface area (TPSA) is 27.0 Å². The highest BCUT2D eigenvalue weighted by Gasteiger charge is 1.90. The minimum Gasteiger partial charge on any atom is -0.314 e. The average molecular weight is 144 g/mol. The zero-order chi connectivity index (χ0) is 7.11. The summed E-state index contributed by atoms with van der Waals surface area (Å²) in [6.07, 6.45) is 5.23.